The molecule has 10 nitrogen and oxygen atoms in total. The molecular weight excluding hydrogens is 578 g/mol. The molecule has 2 fully saturated rings. The van der Waals surface area contributed by atoms with Crippen molar-refractivity contribution in [2.24, 2.45) is 17.8 Å². The second kappa shape index (κ2) is 13.1. The van der Waals surface area contributed by atoms with Crippen LogP contribution in [0.2, 0.25) is 0 Å². The number of aromatic amines is 2. The van der Waals surface area contributed by atoms with E-state index in [2.05, 4.69) is 88.0 Å². The van der Waals surface area contributed by atoms with Crippen molar-refractivity contribution in [1.29, 1.82) is 0 Å². The molecule has 2 aliphatic rings. The fraction of sp³-hybridized carbons (Fsp3) is 0.444. The van der Waals surface area contributed by atoms with Crippen molar-refractivity contribution in [3.63, 3.8) is 0 Å². The van der Waals surface area contributed by atoms with Gasteiger partial charge in [0.15, 0.2) is 0 Å². The molecule has 2 aromatic carbocycles. The van der Waals surface area contributed by atoms with Gasteiger partial charge in [-0.1, -0.05) is 76.2 Å². The first kappa shape index (κ1) is 31.5. The van der Waals surface area contributed by atoms with Crippen LogP contribution in [0.15, 0.2) is 60.9 Å². The van der Waals surface area contributed by atoms with Crippen molar-refractivity contribution >= 4 is 12.0 Å². The number of nitrogens with zero attached hydrogens (tertiary/aromatic N) is 3. The molecule has 46 heavy (non-hydrogen) atoms. The molecule has 4 N–H and O–H groups in total. The molecule has 5 atom stereocenters. The lowest BCUT2D eigenvalue weighted by molar-refractivity contribution is -0.135. The van der Waals surface area contributed by atoms with Gasteiger partial charge in [0.25, 0.3) is 0 Å². The highest BCUT2D eigenvalue weighted by Gasteiger charge is 2.46. The number of nitrogens with one attached hydrogen (secondary N) is 4. The molecule has 4 aromatic rings. The Balaban J connectivity index is 1.14. The van der Waals surface area contributed by atoms with Crippen molar-refractivity contribution in [2.75, 3.05) is 14.2 Å². The molecule has 0 radical (unpaired) electrons. The summed E-state index contributed by atoms with van der Waals surface area (Å²) in [6, 6.07) is 17.0. The van der Waals surface area contributed by atoms with E-state index in [9.17, 15) is 9.59 Å². The average molecular weight is 624 g/mol. The number of piperidine rings is 1. The number of hydrogen-bond acceptors (Lipinski definition) is 6. The summed E-state index contributed by atoms with van der Waals surface area (Å²) in [5.41, 5.74) is 6.30. The molecule has 10 heteroatoms. The van der Waals surface area contributed by atoms with Crippen molar-refractivity contribution in [3.8, 4) is 33.6 Å². The molecule has 1 aliphatic carbocycles. The third kappa shape index (κ3) is 6.72. The minimum absolute atomic E-state index is 0.112. The van der Waals surface area contributed by atoms with Crippen LogP contribution in [0.3, 0.4) is 0 Å². The number of alkyl carbamates (subject to hydrolysis) is 1. The largest absolute Gasteiger partial charge is 0.453 e. The normalized spacial score (nSPS) is 20.0. The number of imidazole rings is 2. The van der Waals surface area contributed by atoms with E-state index in [4.69, 9.17) is 9.72 Å². The first-order chi connectivity index (χ1) is 22.1. The number of rotatable bonds is 11. The number of carbonyl (C=O) groups is 2. The molecule has 0 unspecified atom stereocenters. The summed E-state index contributed by atoms with van der Waals surface area (Å²) in [5.74, 6) is 2.60. The van der Waals surface area contributed by atoms with E-state index in [1.54, 1.807) is 11.9 Å². The summed E-state index contributed by atoms with van der Waals surface area (Å²) in [4.78, 5) is 43.5. The Morgan fingerprint density at radius 2 is 1.48 bits per heavy atom. The van der Waals surface area contributed by atoms with Crippen LogP contribution in [0.25, 0.3) is 33.6 Å². The highest BCUT2D eigenvalue weighted by Crippen LogP contribution is 2.45. The lowest BCUT2D eigenvalue weighted by Crippen LogP contribution is -2.51. The Morgan fingerprint density at radius 3 is 2.02 bits per heavy atom. The first-order valence-corrected chi connectivity index (χ1v) is 16.3. The lowest BCUT2D eigenvalue weighted by Gasteiger charge is -2.32. The van der Waals surface area contributed by atoms with Gasteiger partial charge in [-0.25, -0.2) is 14.8 Å². The van der Waals surface area contributed by atoms with Crippen molar-refractivity contribution in [1.82, 2.24) is 35.5 Å². The summed E-state index contributed by atoms with van der Waals surface area (Å²) in [6.45, 7) is 8.04. The molecule has 0 spiro atoms. The number of aromatic nitrogens is 4. The Labute approximate surface area is 270 Å². The molecule has 1 saturated heterocycles. The Hall–Kier alpha value is -4.44. The molecule has 0 bridgehead atoms. The van der Waals surface area contributed by atoms with Gasteiger partial charge < -0.3 is 30.2 Å². The van der Waals surface area contributed by atoms with Crippen LogP contribution in [0.1, 0.15) is 70.7 Å². The molecule has 1 saturated carbocycles. The Bertz CT molecular complexity index is 1650. The SMILES string of the molecule is COC(=O)N[C@H](C(=O)N(C)[C@@H](CC(C)C)c1ncc(-c2ccc(-c3ccc(-c4cnc([C@@H]5C[C@H]6C[C@H]6N5)[nH]4)cc3)cc2)[nH]1)C(C)C. The molecular formula is C36H45N7O3. The topological polar surface area (TPSA) is 128 Å². The number of hydrogen-bond donors (Lipinski definition) is 4. The summed E-state index contributed by atoms with van der Waals surface area (Å²) in [5, 5.41) is 6.35. The number of amides is 2. The predicted octanol–water partition coefficient (Wildman–Crippen LogP) is 6.48. The number of carbonyl (C=O) groups excluding carboxylic acids is 2. The minimum Gasteiger partial charge on any atom is -0.453 e. The third-order valence-electron chi connectivity index (χ3n) is 9.34. The third-order valence-corrected chi connectivity index (χ3v) is 9.34. The van der Waals surface area contributed by atoms with Gasteiger partial charge in [-0.05, 0) is 59.3 Å². The van der Waals surface area contributed by atoms with E-state index in [-0.39, 0.29) is 17.9 Å². The molecule has 1 aliphatic heterocycles. The first-order valence-electron chi connectivity index (χ1n) is 16.3. The smallest absolute Gasteiger partial charge is 0.407 e. The van der Waals surface area contributed by atoms with E-state index in [0.717, 1.165) is 45.4 Å². The summed E-state index contributed by atoms with van der Waals surface area (Å²) < 4.78 is 4.76. The Morgan fingerprint density at radius 1 is 0.891 bits per heavy atom. The van der Waals surface area contributed by atoms with E-state index >= 15 is 0 Å². The van der Waals surface area contributed by atoms with Gasteiger partial charge in [0, 0.05) is 13.1 Å². The number of fused-ring (bicyclic) bond motifs is 1. The van der Waals surface area contributed by atoms with Crippen molar-refractivity contribution in [3.05, 3.63) is 72.6 Å². The fourth-order valence-corrected chi connectivity index (χ4v) is 6.50. The zero-order chi connectivity index (χ0) is 32.5. The molecule has 3 heterocycles. The zero-order valence-electron chi connectivity index (χ0n) is 27.5. The average Bonchev–Trinajstić information content (AvgIpc) is 3.47. The fourth-order valence-electron chi connectivity index (χ4n) is 6.50. The number of H-pyrrole nitrogens is 2. The van der Waals surface area contributed by atoms with Crippen molar-refractivity contribution in [2.45, 2.75) is 71.1 Å². The zero-order valence-corrected chi connectivity index (χ0v) is 27.5. The number of methoxy groups -OCH3 is 1. The second-order valence-electron chi connectivity index (χ2n) is 13.5. The van der Waals surface area contributed by atoms with Crippen LogP contribution < -0.4 is 10.6 Å². The van der Waals surface area contributed by atoms with Crippen molar-refractivity contribution < 1.29 is 14.3 Å². The maximum atomic E-state index is 13.6. The van der Waals surface area contributed by atoms with E-state index in [1.807, 2.05) is 26.2 Å². The summed E-state index contributed by atoms with van der Waals surface area (Å²) in [7, 11) is 3.06. The molecule has 2 aromatic heterocycles. The van der Waals surface area contributed by atoms with Gasteiger partial charge in [0.05, 0.1) is 43.0 Å². The van der Waals surface area contributed by atoms with Gasteiger partial charge >= 0.3 is 6.09 Å². The van der Waals surface area contributed by atoms with Gasteiger partial charge in [-0.3, -0.25) is 4.79 Å². The van der Waals surface area contributed by atoms with Crippen LogP contribution in [-0.4, -0.2) is 63.1 Å². The van der Waals surface area contributed by atoms with Crippen LogP contribution in [0, 0.1) is 17.8 Å². The van der Waals surface area contributed by atoms with Gasteiger partial charge in [0.2, 0.25) is 5.91 Å². The van der Waals surface area contributed by atoms with E-state index < -0.39 is 12.1 Å². The van der Waals surface area contributed by atoms with Crippen LogP contribution in [0.5, 0.6) is 0 Å². The molecule has 6 rings (SSSR count). The highest BCUT2D eigenvalue weighted by molar-refractivity contribution is 5.86. The van der Waals surface area contributed by atoms with E-state index in [1.165, 1.54) is 20.0 Å². The van der Waals surface area contributed by atoms with Crippen LogP contribution >= 0.6 is 0 Å². The molecule has 2 amide bonds. The standard InChI is InChI=1S/C36H45N7O3/c1-20(2)15-31(43(5)35(44)32(21(3)4)42-36(45)46-6)34-38-19-30(41-34)25-13-9-23(10-14-25)22-7-11-24(12-8-22)29-18-37-33(40-29)28-17-26-16-27(26)39-28/h7-14,18-21,26-28,31-32,39H,15-17H2,1-6H3,(H,37,40)(H,38,41)(H,42,45)/t26-,27-,28+,31+,32+/m1/s1. The number of ether oxygens (including phenoxy) is 1. The number of likely N-dealkylation sites (N-methyl/N-ethyl adjacent to an activating group) is 1. The van der Waals surface area contributed by atoms with Crippen LogP contribution in [-0.2, 0) is 9.53 Å². The summed E-state index contributed by atoms with van der Waals surface area (Å²) in [6.07, 6.45) is 6.33. The highest BCUT2D eigenvalue weighted by atomic mass is 16.5. The van der Waals surface area contributed by atoms with Gasteiger partial charge in [0.1, 0.15) is 17.7 Å². The quantitative estimate of drug-likeness (QED) is 0.151. The molecule has 242 valence electrons. The van der Waals surface area contributed by atoms with Crippen LogP contribution in [0.4, 0.5) is 4.79 Å². The lowest BCUT2D eigenvalue weighted by atomic mass is 9.98. The van der Waals surface area contributed by atoms with Gasteiger partial charge in [-0.15, -0.1) is 0 Å². The van der Waals surface area contributed by atoms with Gasteiger partial charge in [-0.2, -0.15) is 0 Å². The summed E-state index contributed by atoms with van der Waals surface area (Å²) >= 11 is 0. The monoisotopic (exact) mass is 623 g/mol. The predicted molar refractivity (Wildman–Crippen MR) is 179 cm³/mol. The minimum atomic E-state index is -0.709. The maximum Gasteiger partial charge on any atom is 0.407 e. The number of benzene rings is 2. The Kier molecular flexibility index (Phi) is 8.99. The second-order valence-corrected chi connectivity index (χ2v) is 13.5. The maximum absolute atomic E-state index is 13.6. The van der Waals surface area contributed by atoms with E-state index in [0.29, 0.717) is 30.2 Å².